The van der Waals surface area contributed by atoms with E-state index in [4.69, 9.17) is 14.2 Å². The van der Waals surface area contributed by atoms with Crippen LogP contribution in [0.4, 0.5) is 0 Å². The maximum absolute atomic E-state index is 12.8. The minimum atomic E-state index is -0.830. The molecule has 27 heavy (non-hydrogen) atoms. The standard InChI is InChI=1S/C21H38O6/c1-9-11-27-17(22)16(13-20(5,10-2)18(23)25-7)14-21(6,12-15(3)4)19(24)26-8/h15-16H,9-14H2,1-8H3. The SMILES string of the molecule is CCCOC(=O)C(CC(C)(CC)C(=O)OC)CC(C)(CC(C)C)C(=O)OC. The second kappa shape index (κ2) is 11.3. The Morgan fingerprint density at radius 1 is 0.852 bits per heavy atom. The van der Waals surface area contributed by atoms with E-state index in [0.717, 1.165) is 0 Å². The molecule has 0 amide bonds. The molecule has 3 unspecified atom stereocenters. The van der Waals surface area contributed by atoms with Crippen LogP contribution in [0.1, 0.15) is 73.6 Å². The van der Waals surface area contributed by atoms with Gasteiger partial charge in [-0.2, -0.15) is 0 Å². The summed E-state index contributed by atoms with van der Waals surface area (Å²) in [7, 11) is 2.70. The fourth-order valence-corrected chi connectivity index (χ4v) is 3.66. The smallest absolute Gasteiger partial charge is 0.311 e. The van der Waals surface area contributed by atoms with Crippen molar-refractivity contribution in [2.45, 2.75) is 73.6 Å². The lowest BCUT2D eigenvalue weighted by molar-refractivity contribution is -0.161. The minimum Gasteiger partial charge on any atom is -0.469 e. The van der Waals surface area contributed by atoms with Crippen LogP contribution in [0.5, 0.6) is 0 Å². The van der Waals surface area contributed by atoms with Gasteiger partial charge < -0.3 is 14.2 Å². The number of esters is 3. The molecule has 6 nitrogen and oxygen atoms in total. The van der Waals surface area contributed by atoms with Crippen LogP contribution >= 0.6 is 0 Å². The Bertz CT molecular complexity index is 501. The van der Waals surface area contributed by atoms with Gasteiger partial charge in [-0.3, -0.25) is 14.4 Å². The predicted octanol–water partition coefficient (Wildman–Crippen LogP) is 4.15. The van der Waals surface area contributed by atoms with E-state index in [-0.39, 0.29) is 36.7 Å². The van der Waals surface area contributed by atoms with Gasteiger partial charge in [0.05, 0.1) is 37.6 Å². The molecule has 0 heterocycles. The molecule has 0 aromatic carbocycles. The number of hydrogen-bond acceptors (Lipinski definition) is 6. The van der Waals surface area contributed by atoms with Crippen molar-refractivity contribution < 1.29 is 28.6 Å². The van der Waals surface area contributed by atoms with Crippen LogP contribution in [-0.4, -0.2) is 38.7 Å². The van der Waals surface area contributed by atoms with E-state index in [1.807, 2.05) is 34.6 Å². The van der Waals surface area contributed by atoms with Gasteiger partial charge in [-0.1, -0.05) is 27.7 Å². The molecule has 158 valence electrons. The van der Waals surface area contributed by atoms with E-state index < -0.39 is 16.7 Å². The summed E-state index contributed by atoms with van der Waals surface area (Å²) in [4.78, 5) is 37.6. The van der Waals surface area contributed by atoms with Crippen LogP contribution in [0.15, 0.2) is 0 Å². The molecule has 0 aliphatic rings. The van der Waals surface area contributed by atoms with Gasteiger partial charge in [-0.05, 0) is 51.9 Å². The second-order valence-corrected chi connectivity index (χ2v) is 8.33. The summed E-state index contributed by atoms with van der Waals surface area (Å²) >= 11 is 0. The third kappa shape index (κ3) is 7.51. The molecule has 0 spiro atoms. The van der Waals surface area contributed by atoms with Gasteiger partial charge in [-0.15, -0.1) is 0 Å². The Balaban J connectivity index is 5.78. The number of carbonyl (C=O) groups is 3. The summed E-state index contributed by atoms with van der Waals surface area (Å²) in [6.07, 6.45) is 2.35. The van der Waals surface area contributed by atoms with Crippen LogP contribution in [-0.2, 0) is 28.6 Å². The first-order chi connectivity index (χ1) is 12.5. The summed E-state index contributed by atoms with van der Waals surface area (Å²) < 4.78 is 15.3. The van der Waals surface area contributed by atoms with Crippen molar-refractivity contribution >= 4 is 17.9 Å². The zero-order valence-electron chi connectivity index (χ0n) is 18.3. The third-order valence-electron chi connectivity index (χ3n) is 5.17. The molecule has 0 saturated heterocycles. The molecule has 0 radical (unpaired) electrons. The Labute approximate surface area is 164 Å². The molecule has 0 aromatic heterocycles. The molecule has 0 aromatic rings. The minimum absolute atomic E-state index is 0.250. The van der Waals surface area contributed by atoms with Crippen molar-refractivity contribution in [3.63, 3.8) is 0 Å². The quantitative estimate of drug-likeness (QED) is 0.370. The van der Waals surface area contributed by atoms with E-state index in [1.54, 1.807) is 6.92 Å². The maximum Gasteiger partial charge on any atom is 0.311 e. The Morgan fingerprint density at radius 2 is 1.33 bits per heavy atom. The number of rotatable bonds is 12. The van der Waals surface area contributed by atoms with Gasteiger partial charge in [-0.25, -0.2) is 0 Å². The summed E-state index contributed by atoms with van der Waals surface area (Å²) in [5.74, 6) is -1.43. The molecule has 0 N–H and O–H groups in total. The second-order valence-electron chi connectivity index (χ2n) is 8.33. The molecular weight excluding hydrogens is 348 g/mol. The topological polar surface area (TPSA) is 78.9 Å². The van der Waals surface area contributed by atoms with Crippen molar-refractivity contribution in [2.75, 3.05) is 20.8 Å². The number of methoxy groups -OCH3 is 2. The average molecular weight is 387 g/mol. The highest BCUT2D eigenvalue weighted by molar-refractivity contribution is 5.80. The summed E-state index contributed by atoms with van der Waals surface area (Å²) in [6, 6.07) is 0. The fourth-order valence-electron chi connectivity index (χ4n) is 3.66. The zero-order valence-corrected chi connectivity index (χ0v) is 18.3. The van der Waals surface area contributed by atoms with Crippen LogP contribution < -0.4 is 0 Å². The first-order valence-corrected chi connectivity index (χ1v) is 9.83. The molecule has 0 rings (SSSR count). The lowest BCUT2D eigenvalue weighted by Gasteiger charge is -2.35. The molecular formula is C21H38O6. The predicted molar refractivity (Wildman–Crippen MR) is 104 cm³/mol. The van der Waals surface area contributed by atoms with Crippen molar-refractivity contribution in [2.24, 2.45) is 22.7 Å². The highest BCUT2D eigenvalue weighted by Crippen LogP contribution is 2.40. The molecule has 0 bridgehead atoms. The van der Waals surface area contributed by atoms with Crippen molar-refractivity contribution in [1.82, 2.24) is 0 Å². The Hall–Kier alpha value is -1.59. The highest BCUT2D eigenvalue weighted by atomic mass is 16.5. The highest BCUT2D eigenvalue weighted by Gasteiger charge is 2.44. The first kappa shape index (κ1) is 25.4. The number of carbonyl (C=O) groups excluding carboxylic acids is 3. The Morgan fingerprint density at radius 3 is 1.74 bits per heavy atom. The van der Waals surface area contributed by atoms with E-state index in [2.05, 4.69) is 0 Å². The largest absolute Gasteiger partial charge is 0.469 e. The van der Waals surface area contributed by atoms with Crippen molar-refractivity contribution in [1.29, 1.82) is 0 Å². The van der Waals surface area contributed by atoms with Gasteiger partial charge >= 0.3 is 17.9 Å². The molecule has 0 saturated carbocycles. The molecule has 0 aliphatic carbocycles. The van der Waals surface area contributed by atoms with E-state index >= 15 is 0 Å². The van der Waals surface area contributed by atoms with E-state index in [1.165, 1.54) is 14.2 Å². The van der Waals surface area contributed by atoms with E-state index in [9.17, 15) is 14.4 Å². The van der Waals surface area contributed by atoms with Gasteiger partial charge in [0, 0.05) is 0 Å². The zero-order chi connectivity index (χ0) is 21.3. The number of hydrogen-bond donors (Lipinski definition) is 0. The Kier molecular flexibility index (Phi) is 10.6. The first-order valence-electron chi connectivity index (χ1n) is 9.83. The summed E-state index contributed by atoms with van der Waals surface area (Å²) in [5, 5.41) is 0. The van der Waals surface area contributed by atoms with Crippen LogP contribution in [0.3, 0.4) is 0 Å². The van der Waals surface area contributed by atoms with Crippen LogP contribution in [0.25, 0.3) is 0 Å². The van der Waals surface area contributed by atoms with E-state index in [0.29, 0.717) is 25.9 Å². The molecule has 3 atom stereocenters. The van der Waals surface area contributed by atoms with Gasteiger partial charge in [0.25, 0.3) is 0 Å². The average Bonchev–Trinajstić information content (AvgIpc) is 2.62. The van der Waals surface area contributed by atoms with Gasteiger partial charge in [0.2, 0.25) is 0 Å². The normalized spacial score (nSPS) is 16.8. The fraction of sp³-hybridized carbons (Fsp3) is 0.857. The maximum atomic E-state index is 12.8. The van der Waals surface area contributed by atoms with Gasteiger partial charge in [0.1, 0.15) is 0 Å². The van der Waals surface area contributed by atoms with Crippen LogP contribution in [0.2, 0.25) is 0 Å². The molecule has 6 heteroatoms. The number of ether oxygens (including phenoxy) is 3. The van der Waals surface area contributed by atoms with Gasteiger partial charge in [0.15, 0.2) is 0 Å². The third-order valence-corrected chi connectivity index (χ3v) is 5.17. The van der Waals surface area contributed by atoms with Crippen molar-refractivity contribution in [3.05, 3.63) is 0 Å². The molecule has 0 aliphatic heterocycles. The summed E-state index contributed by atoms with van der Waals surface area (Å²) in [5.41, 5.74) is -1.65. The van der Waals surface area contributed by atoms with Crippen LogP contribution in [0, 0.1) is 22.7 Å². The lowest BCUT2D eigenvalue weighted by Crippen LogP contribution is -2.39. The monoisotopic (exact) mass is 386 g/mol. The molecule has 0 fully saturated rings. The lowest BCUT2D eigenvalue weighted by atomic mass is 9.70. The summed E-state index contributed by atoms with van der Waals surface area (Å²) in [6.45, 7) is 11.8. The van der Waals surface area contributed by atoms with Crippen molar-refractivity contribution in [3.8, 4) is 0 Å².